The largest absolute Gasteiger partial charge is 0.497 e. The summed E-state index contributed by atoms with van der Waals surface area (Å²) >= 11 is 1.40. The number of hydrogen-bond donors (Lipinski definition) is 2. The highest BCUT2D eigenvalue weighted by atomic mass is 32.2. The molecule has 0 fully saturated rings. The maximum atomic E-state index is 13.4. The Kier molecular flexibility index (Phi) is 11.0. The van der Waals surface area contributed by atoms with Gasteiger partial charge in [-0.05, 0) is 77.9 Å². The van der Waals surface area contributed by atoms with Crippen molar-refractivity contribution in [3.05, 3.63) is 161 Å². The number of ether oxygens (including phenoxy) is 2. The van der Waals surface area contributed by atoms with Gasteiger partial charge in [0.1, 0.15) is 23.8 Å². The fourth-order valence-corrected chi connectivity index (χ4v) is 5.16. The van der Waals surface area contributed by atoms with E-state index in [0.717, 1.165) is 10.5 Å². The Morgan fingerprint density at radius 2 is 1.39 bits per heavy atom. The van der Waals surface area contributed by atoms with E-state index in [1.54, 1.807) is 73.8 Å². The molecule has 0 unspecified atom stereocenters. The van der Waals surface area contributed by atoms with Gasteiger partial charge in [-0.3, -0.25) is 14.4 Å². The molecule has 0 heterocycles. The summed E-state index contributed by atoms with van der Waals surface area (Å²) in [6.07, 6.45) is 1.62. The number of benzene rings is 5. The zero-order chi connectivity index (χ0) is 32.1. The van der Waals surface area contributed by atoms with E-state index in [1.165, 1.54) is 11.8 Å². The minimum Gasteiger partial charge on any atom is -0.497 e. The molecule has 8 heteroatoms. The number of amides is 2. The van der Waals surface area contributed by atoms with Gasteiger partial charge in [-0.15, -0.1) is 11.8 Å². The van der Waals surface area contributed by atoms with Gasteiger partial charge in [-0.1, -0.05) is 72.8 Å². The van der Waals surface area contributed by atoms with E-state index in [-0.39, 0.29) is 17.2 Å². The molecule has 5 aromatic rings. The van der Waals surface area contributed by atoms with Crippen LogP contribution in [0, 0.1) is 0 Å². The molecular formula is C38H32N2O5S. The first-order valence-electron chi connectivity index (χ1n) is 14.5. The van der Waals surface area contributed by atoms with Crippen LogP contribution < -0.4 is 20.1 Å². The van der Waals surface area contributed by atoms with Crippen LogP contribution in [0.5, 0.6) is 11.5 Å². The average molecular weight is 629 g/mol. The molecule has 0 spiro atoms. The van der Waals surface area contributed by atoms with Crippen LogP contribution >= 0.6 is 11.8 Å². The Hall–Kier alpha value is -5.60. The van der Waals surface area contributed by atoms with Crippen molar-refractivity contribution in [2.45, 2.75) is 11.5 Å². The fraction of sp³-hybridized carbons (Fsp3) is 0.0789. The third-order valence-corrected chi connectivity index (χ3v) is 7.85. The molecule has 0 aliphatic heterocycles. The van der Waals surface area contributed by atoms with Crippen LogP contribution in [0.2, 0.25) is 0 Å². The molecular weight excluding hydrogens is 596 g/mol. The van der Waals surface area contributed by atoms with E-state index in [0.29, 0.717) is 40.5 Å². The van der Waals surface area contributed by atoms with Gasteiger partial charge in [0, 0.05) is 21.7 Å². The summed E-state index contributed by atoms with van der Waals surface area (Å²) < 4.78 is 11.1. The molecule has 5 aromatic carbocycles. The van der Waals surface area contributed by atoms with E-state index in [9.17, 15) is 14.4 Å². The Labute approximate surface area is 272 Å². The zero-order valence-electron chi connectivity index (χ0n) is 25.1. The lowest BCUT2D eigenvalue weighted by atomic mass is 10.1. The Balaban J connectivity index is 1.25. The number of methoxy groups -OCH3 is 1. The van der Waals surface area contributed by atoms with Gasteiger partial charge in [0.05, 0.1) is 12.9 Å². The predicted molar refractivity (Wildman–Crippen MR) is 182 cm³/mol. The van der Waals surface area contributed by atoms with Crippen LogP contribution in [0.15, 0.2) is 144 Å². The van der Waals surface area contributed by atoms with Crippen molar-refractivity contribution in [3.63, 3.8) is 0 Å². The molecule has 2 N–H and O–H groups in total. The summed E-state index contributed by atoms with van der Waals surface area (Å²) in [6, 6.07) is 40.1. The van der Waals surface area contributed by atoms with Crippen LogP contribution in [-0.4, -0.2) is 30.5 Å². The van der Waals surface area contributed by atoms with E-state index in [2.05, 4.69) is 10.6 Å². The van der Waals surface area contributed by atoms with Crippen molar-refractivity contribution in [1.82, 2.24) is 5.32 Å². The van der Waals surface area contributed by atoms with Crippen molar-refractivity contribution in [2.75, 3.05) is 18.2 Å². The molecule has 0 radical (unpaired) electrons. The monoisotopic (exact) mass is 628 g/mol. The Bertz CT molecular complexity index is 1810. The minimum absolute atomic E-state index is 0.0130. The lowest BCUT2D eigenvalue weighted by molar-refractivity contribution is -0.113. The van der Waals surface area contributed by atoms with Crippen LogP contribution in [0.4, 0.5) is 5.69 Å². The van der Waals surface area contributed by atoms with Crippen molar-refractivity contribution < 1.29 is 23.9 Å². The molecule has 46 heavy (non-hydrogen) atoms. The fourth-order valence-electron chi connectivity index (χ4n) is 4.37. The van der Waals surface area contributed by atoms with Crippen LogP contribution in [0.1, 0.15) is 31.8 Å². The first-order chi connectivity index (χ1) is 22.5. The van der Waals surface area contributed by atoms with Crippen LogP contribution in [-0.2, 0) is 11.4 Å². The topological polar surface area (TPSA) is 93.7 Å². The van der Waals surface area contributed by atoms with Crippen molar-refractivity contribution in [2.24, 2.45) is 0 Å². The summed E-state index contributed by atoms with van der Waals surface area (Å²) in [5.74, 6) is 0.672. The number of nitrogens with one attached hydrogen (secondary N) is 2. The first kappa shape index (κ1) is 31.8. The minimum atomic E-state index is -0.484. The number of Topliss-reactive ketones (excluding diaryl/α,β-unsaturated/α-hetero) is 1. The maximum Gasteiger partial charge on any atom is 0.272 e. The van der Waals surface area contributed by atoms with Gasteiger partial charge in [-0.2, -0.15) is 0 Å². The van der Waals surface area contributed by atoms with Crippen molar-refractivity contribution in [1.29, 1.82) is 0 Å². The van der Waals surface area contributed by atoms with Crippen LogP contribution in [0.25, 0.3) is 6.08 Å². The van der Waals surface area contributed by atoms with E-state index in [1.807, 2.05) is 72.8 Å². The lowest BCUT2D eigenvalue weighted by Crippen LogP contribution is -2.30. The average Bonchev–Trinajstić information content (AvgIpc) is 3.11. The highest BCUT2D eigenvalue weighted by Gasteiger charge is 2.16. The Morgan fingerprint density at radius 1 is 0.717 bits per heavy atom. The molecule has 0 atom stereocenters. The summed E-state index contributed by atoms with van der Waals surface area (Å²) in [5.41, 5.74) is 3.39. The third kappa shape index (κ3) is 9.20. The van der Waals surface area contributed by atoms with Gasteiger partial charge >= 0.3 is 0 Å². The highest BCUT2D eigenvalue weighted by molar-refractivity contribution is 8.00. The van der Waals surface area contributed by atoms with E-state index >= 15 is 0 Å². The molecule has 0 saturated heterocycles. The van der Waals surface area contributed by atoms with E-state index < -0.39 is 11.8 Å². The van der Waals surface area contributed by atoms with Crippen molar-refractivity contribution in [3.8, 4) is 11.5 Å². The molecule has 0 bridgehead atoms. The second kappa shape index (κ2) is 15.9. The van der Waals surface area contributed by atoms with E-state index in [4.69, 9.17) is 9.47 Å². The predicted octanol–water partition coefficient (Wildman–Crippen LogP) is 7.66. The number of thioether (sulfide) groups is 1. The SMILES string of the molecule is COc1cccc(C(=O)CSc2ccc(NC(=O)/C(=C/c3ccc(OCc4ccccc4)cc3)NC(=O)c3ccccc3)cc2)c1. The summed E-state index contributed by atoms with van der Waals surface area (Å²) in [7, 11) is 1.56. The molecule has 7 nitrogen and oxygen atoms in total. The summed E-state index contributed by atoms with van der Waals surface area (Å²) in [5, 5.41) is 5.62. The number of anilines is 1. The van der Waals surface area contributed by atoms with Gasteiger partial charge in [-0.25, -0.2) is 0 Å². The second-order valence-corrected chi connectivity index (χ2v) is 11.2. The standard InChI is InChI=1S/C38H32N2O5S/c1-44-33-14-8-13-30(24-33)36(41)26-46-34-21-17-31(18-22-34)39-38(43)35(40-37(42)29-11-6-3-7-12-29)23-27-15-19-32(20-16-27)45-25-28-9-4-2-5-10-28/h2-24H,25-26H2,1H3,(H,39,43)(H,40,42)/b35-23-. The second-order valence-electron chi connectivity index (χ2n) is 10.1. The molecule has 5 rings (SSSR count). The lowest BCUT2D eigenvalue weighted by Gasteiger charge is -2.12. The molecule has 0 aromatic heterocycles. The van der Waals surface area contributed by atoms with Gasteiger partial charge in [0.25, 0.3) is 11.8 Å². The van der Waals surface area contributed by atoms with Crippen molar-refractivity contribution >= 4 is 41.1 Å². The molecule has 0 aliphatic rings. The maximum absolute atomic E-state index is 13.4. The normalized spacial score (nSPS) is 10.9. The number of carbonyl (C=O) groups excluding carboxylic acids is 3. The number of hydrogen-bond acceptors (Lipinski definition) is 6. The number of rotatable bonds is 13. The Morgan fingerprint density at radius 3 is 2.09 bits per heavy atom. The third-order valence-electron chi connectivity index (χ3n) is 6.84. The smallest absolute Gasteiger partial charge is 0.272 e. The zero-order valence-corrected chi connectivity index (χ0v) is 26.0. The number of ketones is 1. The molecule has 0 saturated carbocycles. The molecule has 230 valence electrons. The summed E-state index contributed by atoms with van der Waals surface area (Å²) in [6.45, 7) is 0.437. The number of carbonyl (C=O) groups is 3. The quantitative estimate of drug-likeness (QED) is 0.0790. The van der Waals surface area contributed by atoms with Gasteiger partial charge in [0.2, 0.25) is 0 Å². The van der Waals surface area contributed by atoms with Crippen LogP contribution in [0.3, 0.4) is 0 Å². The summed E-state index contributed by atoms with van der Waals surface area (Å²) in [4.78, 5) is 40.0. The molecule has 2 amide bonds. The van der Waals surface area contributed by atoms with Gasteiger partial charge < -0.3 is 20.1 Å². The molecule has 0 aliphatic carbocycles. The first-order valence-corrected chi connectivity index (χ1v) is 15.5. The van der Waals surface area contributed by atoms with Gasteiger partial charge in [0.15, 0.2) is 5.78 Å². The highest BCUT2D eigenvalue weighted by Crippen LogP contribution is 2.23.